The van der Waals surface area contributed by atoms with E-state index in [0.717, 1.165) is 40.9 Å². The van der Waals surface area contributed by atoms with Gasteiger partial charge in [0.1, 0.15) is 0 Å². The van der Waals surface area contributed by atoms with Crippen LogP contribution in [0.15, 0.2) is 78.2 Å². The van der Waals surface area contributed by atoms with Crippen molar-refractivity contribution in [2.75, 3.05) is 16.8 Å². The molecule has 1 aliphatic carbocycles. The Morgan fingerprint density at radius 3 is 2.31 bits per heavy atom. The largest absolute Gasteiger partial charge is 0.478 e. The number of aromatic nitrogens is 1. The van der Waals surface area contributed by atoms with E-state index in [4.69, 9.17) is 4.98 Å². The van der Waals surface area contributed by atoms with Crippen LogP contribution in [0.5, 0.6) is 0 Å². The van der Waals surface area contributed by atoms with Crippen LogP contribution < -0.4 is 10.2 Å². The molecule has 4 aromatic rings. The molecule has 3 aromatic carbocycles. The number of aromatic carboxylic acids is 1. The van der Waals surface area contributed by atoms with E-state index in [0.29, 0.717) is 17.4 Å². The molecule has 0 bridgehead atoms. The third kappa shape index (κ3) is 6.87. The Hall–Kier alpha value is -3.64. The fourth-order valence-corrected chi connectivity index (χ4v) is 6.07. The highest BCUT2D eigenvalue weighted by atomic mass is 32.1. The third-order valence-corrected chi connectivity index (χ3v) is 8.50. The lowest BCUT2D eigenvalue weighted by molar-refractivity contribution is 0.0697. The topological polar surface area (TPSA) is 65.5 Å². The number of hydrogen-bond donors (Lipinski definition) is 2. The van der Waals surface area contributed by atoms with Crippen LogP contribution >= 0.6 is 11.3 Å². The second-order valence-corrected chi connectivity index (χ2v) is 11.6. The summed E-state index contributed by atoms with van der Waals surface area (Å²) in [5, 5.41) is 15.9. The van der Waals surface area contributed by atoms with Crippen molar-refractivity contribution in [3.63, 3.8) is 0 Å². The molecule has 0 aliphatic heterocycles. The van der Waals surface area contributed by atoms with Crippen molar-refractivity contribution in [3.05, 3.63) is 94.9 Å². The molecule has 0 unspecified atom stereocenters. The maximum atomic E-state index is 11.4. The summed E-state index contributed by atoms with van der Waals surface area (Å²) in [7, 11) is 0. The summed E-state index contributed by atoms with van der Waals surface area (Å²) in [6, 6.07) is 24.5. The van der Waals surface area contributed by atoms with Gasteiger partial charge in [-0.25, -0.2) is 9.78 Å². The molecule has 0 saturated heterocycles. The Balaban J connectivity index is 1.29. The highest BCUT2D eigenvalue weighted by Crippen LogP contribution is 2.35. The van der Waals surface area contributed by atoms with E-state index >= 15 is 0 Å². The van der Waals surface area contributed by atoms with Crippen LogP contribution in [0.1, 0.15) is 73.4 Å². The number of anilines is 3. The highest BCUT2D eigenvalue weighted by molar-refractivity contribution is 7.14. The summed E-state index contributed by atoms with van der Waals surface area (Å²) in [4.78, 5) is 18.7. The van der Waals surface area contributed by atoms with Crippen molar-refractivity contribution in [3.8, 4) is 11.3 Å². The maximum absolute atomic E-state index is 11.4. The fourth-order valence-electron chi connectivity index (χ4n) is 5.21. The fraction of sp³-hybridized carbons (Fsp3) is 0.333. The van der Waals surface area contributed by atoms with Crippen LogP contribution in [0.4, 0.5) is 16.5 Å². The van der Waals surface area contributed by atoms with Crippen LogP contribution in [0.2, 0.25) is 0 Å². The van der Waals surface area contributed by atoms with Gasteiger partial charge >= 0.3 is 5.97 Å². The van der Waals surface area contributed by atoms with Gasteiger partial charge in [-0.2, -0.15) is 0 Å². The van der Waals surface area contributed by atoms with Gasteiger partial charge in [-0.15, -0.1) is 11.3 Å². The van der Waals surface area contributed by atoms with E-state index in [2.05, 4.69) is 78.0 Å². The average Bonchev–Trinajstić information content (AvgIpc) is 3.46. The van der Waals surface area contributed by atoms with Gasteiger partial charge in [-0.3, -0.25) is 0 Å². The number of rotatable bonds is 10. The molecular weight excluding hydrogens is 502 g/mol. The van der Waals surface area contributed by atoms with Crippen LogP contribution in [-0.2, 0) is 6.54 Å². The lowest BCUT2D eigenvalue weighted by Crippen LogP contribution is -2.26. The van der Waals surface area contributed by atoms with Gasteiger partial charge in [0.2, 0.25) is 0 Å². The normalized spacial score (nSPS) is 13.9. The molecule has 202 valence electrons. The van der Waals surface area contributed by atoms with E-state index in [1.165, 1.54) is 43.2 Å². The first-order valence-electron chi connectivity index (χ1n) is 14.0. The minimum Gasteiger partial charge on any atom is -0.478 e. The zero-order valence-electron chi connectivity index (χ0n) is 22.8. The summed E-state index contributed by atoms with van der Waals surface area (Å²) in [6.07, 6.45) is 6.35. The molecule has 39 heavy (non-hydrogen) atoms. The summed E-state index contributed by atoms with van der Waals surface area (Å²) in [5.41, 5.74) is 7.05. The average molecular weight is 540 g/mol. The van der Waals surface area contributed by atoms with E-state index < -0.39 is 5.97 Å². The molecule has 1 fully saturated rings. The molecule has 1 aliphatic rings. The van der Waals surface area contributed by atoms with E-state index in [1.54, 1.807) is 23.5 Å². The van der Waals surface area contributed by atoms with Gasteiger partial charge in [0.05, 0.1) is 11.3 Å². The van der Waals surface area contributed by atoms with Crippen molar-refractivity contribution in [2.24, 2.45) is 5.92 Å². The Morgan fingerprint density at radius 2 is 1.67 bits per heavy atom. The molecule has 6 heteroatoms. The Labute approximate surface area is 235 Å². The first kappa shape index (κ1) is 26.9. The molecule has 1 saturated carbocycles. The summed E-state index contributed by atoms with van der Waals surface area (Å²) < 4.78 is 0. The standard InChI is InChI=1S/C33H37N3O2S/c1-23(2)26-10-8-24(9-11-26)20-34-29-16-12-27(13-17-29)31-22-39-33(35-31)36(21-25-6-4-3-5-7-25)30-18-14-28(15-19-30)32(37)38/h8-19,22-23,25,34H,3-7,20-21H2,1-2H3,(H,37,38). The number of benzene rings is 3. The number of carboxylic acid groups (broad SMARTS) is 1. The van der Waals surface area contributed by atoms with Crippen molar-refractivity contribution >= 4 is 33.8 Å². The molecule has 1 aromatic heterocycles. The maximum Gasteiger partial charge on any atom is 0.335 e. The van der Waals surface area contributed by atoms with Gasteiger partial charge in [-0.1, -0.05) is 69.5 Å². The minimum atomic E-state index is -0.904. The number of nitrogens with zero attached hydrogens (tertiary/aromatic N) is 2. The zero-order chi connectivity index (χ0) is 27.2. The molecule has 5 nitrogen and oxygen atoms in total. The molecule has 0 atom stereocenters. The molecule has 5 rings (SSSR count). The monoisotopic (exact) mass is 539 g/mol. The Morgan fingerprint density at radius 1 is 0.974 bits per heavy atom. The van der Waals surface area contributed by atoms with Gasteiger partial charge < -0.3 is 15.3 Å². The Kier molecular flexibility index (Phi) is 8.62. The first-order valence-corrected chi connectivity index (χ1v) is 14.8. The summed E-state index contributed by atoms with van der Waals surface area (Å²) in [6.45, 7) is 6.12. The first-order chi connectivity index (χ1) is 19.0. The lowest BCUT2D eigenvalue weighted by Gasteiger charge is -2.29. The molecule has 2 N–H and O–H groups in total. The SMILES string of the molecule is CC(C)c1ccc(CNc2ccc(-c3csc(N(CC4CCCCC4)c4ccc(C(=O)O)cc4)n3)cc2)cc1. The summed E-state index contributed by atoms with van der Waals surface area (Å²) >= 11 is 1.64. The molecule has 1 heterocycles. The van der Waals surface area contributed by atoms with Gasteiger partial charge in [-0.05, 0) is 72.2 Å². The van der Waals surface area contributed by atoms with Crippen LogP contribution in [0.3, 0.4) is 0 Å². The summed E-state index contributed by atoms with van der Waals surface area (Å²) in [5.74, 6) is 0.263. The van der Waals surface area contributed by atoms with E-state index in [9.17, 15) is 9.90 Å². The van der Waals surface area contributed by atoms with Crippen molar-refractivity contribution in [2.45, 2.75) is 58.4 Å². The number of carboxylic acids is 1. The number of thiazole rings is 1. The predicted molar refractivity (Wildman–Crippen MR) is 162 cm³/mol. The van der Waals surface area contributed by atoms with Gasteiger partial charge in [0, 0.05) is 35.4 Å². The second-order valence-electron chi connectivity index (χ2n) is 10.8. The smallest absolute Gasteiger partial charge is 0.335 e. The lowest BCUT2D eigenvalue weighted by atomic mass is 9.89. The molecule has 0 amide bonds. The van der Waals surface area contributed by atoms with E-state index in [1.807, 2.05) is 12.1 Å². The second kappa shape index (κ2) is 12.5. The van der Waals surface area contributed by atoms with Crippen molar-refractivity contribution in [1.82, 2.24) is 4.98 Å². The predicted octanol–water partition coefficient (Wildman–Crippen LogP) is 8.96. The van der Waals surface area contributed by atoms with Gasteiger partial charge in [0.15, 0.2) is 5.13 Å². The van der Waals surface area contributed by atoms with Crippen molar-refractivity contribution < 1.29 is 9.90 Å². The third-order valence-electron chi connectivity index (χ3n) is 7.64. The van der Waals surface area contributed by atoms with Crippen LogP contribution in [0.25, 0.3) is 11.3 Å². The van der Waals surface area contributed by atoms with E-state index in [-0.39, 0.29) is 0 Å². The minimum absolute atomic E-state index is 0.303. The van der Waals surface area contributed by atoms with Gasteiger partial charge in [0.25, 0.3) is 0 Å². The molecule has 0 spiro atoms. The van der Waals surface area contributed by atoms with Crippen LogP contribution in [0, 0.1) is 5.92 Å². The quantitative estimate of drug-likeness (QED) is 0.211. The van der Waals surface area contributed by atoms with Crippen molar-refractivity contribution in [1.29, 1.82) is 0 Å². The number of carbonyl (C=O) groups is 1. The number of nitrogens with one attached hydrogen (secondary N) is 1. The van der Waals surface area contributed by atoms with Crippen LogP contribution in [-0.4, -0.2) is 22.6 Å². The highest BCUT2D eigenvalue weighted by Gasteiger charge is 2.21. The Bertz CT molecular complexity index is 1360. The molecule has 0 radical (unpaired) electrons. The molecular formula is C33H37N3O2S. The number of hydrogen-bond acceptors (Lipinski definition) is 5. The zero-order valence-corrected chi connectivity index (χ0v) is 23.6.